The maximum absolute atomic E-state index is 11.3. The Morgan fingerprint density at radius 2 is 1.35 bits per heavy atom. The zero-order valence-corrected chi connectivity index (χ0v) is 9.26. The van der Waals surface area contributed by atoms with Crippen molar-refractivity contribution in [2.45, 2.75) is 31.2 Å². The number of hydrogen-bond donors (Lipinski definition) is 3. The van der Waals surface area contributed by atoms with E-state index in [0.29, 0.717) is 25.7 Å². The molecule has 1 rings (SSSR count). The molecular formula is C10H15NO6. The van der Waals surface area contributed by atoms with Crippen LogP contribution in [0.1, 0.15) is 25.7 Å². The largest absolute Gasteiger partial charge is 0.480 e. The third-order valence-electron chi connectivity index (χ3n) is 3.09. The van der Waals surface area contributed by atoms with Crippen LogP contribution >= 0.6 is 0 Å². The van der Waals surface area contributed by atoms with Crippen molar-refractivity contribution in [3.8, 4) is 0 Å². The van der Waals surface area contributed by atoms with Crippen LogP contribution in [0.4, 0.5) is 0 Å². The predicted molar refractivity (Wildman–Crippen MR) is 55.7 cm³/mol. The van der Waals surface area contributed by atoms with Crippen molar-refractivity contribution in [2.24, 2.45) is 0 Å². The van der Waals surface area contributed by atoms with E-state index in [1.807, 2.05) is 0 Å². The maximum atomic E-state index is 11.3. The molecule has 0 aromatic heterocycles. The quantitative estimate of drug-likeness (QED) is 0.596. The van der Waals surface area contributed by atoms with Crippen LogP contribution in [0.15, 0.2) is 0 Å². The Morgan fingerprint density at radius 1 is 0.941 bits per heavy atom. The van der Waals surface area contributed by atoms with E-state index in [-0.39, 0.29) is 0 Å². The average molecular weight is 245 g/mol. The molecule has 0 radical (unpaired) electrons. The Morgan fingerprint density at radius 3 is 1.65 bits per heavy atom. The summed E-state index contributed by atoms with van der Waals surface area (Å²) in [5.74, 6) is -3.59. The highest BCUT2D eigenvalue weighted by Gasteiger charge is 2.47. The van der Waals surface area contributed by atoms with E-state index in [1.54, 1.807) is 0 Å². The van der Waals surface area contributed by atoms with Gasteiger partial charge < -0.3 is 15.3 Å². The second-order valence-electron chi connectivity index (χ2n) is 4.19. The second-order valence-corrected chi connectivity index (χ2v) is 4.19. The fourth-order valence-electron chi connectivity index (χ4n) is 2.31. The van der Waals surface area contributed by atoms with Gasteiger partial charge in [0, 0.05) is 0 Å². The minimum Gasteiger partial charge on any atom is -0.480 e. The Hall–Kier alpha value is -1.63. The van der Waals surface area contributed by atoms with Gasteiger partial charge in [0.2, 0.25) is 0 Å². The zero-order chi connectivity index (χ0) is 13.1. The molecule has 0 aliphatic heterocycles. The molecule has 7 heteroatoms. The van der Waals surface area contributed by atoms with Gasteiger partial charge in [0.15, 0.2) is 0 Å². The molecule has 1 fully saturated rings. The minimum absolute atomic E-state index is 0.295. The number of hydrogen-bond acceptors (Lipinski definition) is 4. The first-order valence-electron chi connectivity index (χ1n) is 5.30. The summed E-state index contributed by atoms with van der Waals surface area (Å²) in [6.45, 7) is -1.14. The van der Waals surface area contributed by atoms with Crippen molar-refractivity contribution in [1.82, 2.24) is 4.90 Å². The van der Waals surface area contributed by atoms with Crippen molar-refractivity contribution in [1.29, 1.82) is 0 Å². The second kappa shape index (κ2) is 5.13. The van der Waals surface area contributed by atoms with E-state index in [4.69, 9.17) is 10.2 Å². The highest BCUT2D eigenvalue weighted by Crippen LogP contribution is 2.35. The third-order valence-corrected chi connectivity index (χ3v) is 3.09. The molecule has 7 nitrogen and oxygen atoms in total. The van der Waals surface area contributed by atoms with E-state index in [2.05, 4.69) is 0 Å². The van der Waals surface area contributed by atoms with Crippen molar-refractivity contribution < 1.29 is 29.7 Å². The molecule has 17 heavy (non-hydrogen) atoms. The summed E-state index contributed by atoms with van der Waals surface area (Å²) >= 11 is 0. The molecular weight excluding hydrogens is 230 g/mol. The van der Waals surface area contributed by atoms with Gasteiger partial charge >= 0.3 is 17.9 Å². The summed E-state index contributed by atoms with van der Waals surface area (Å²) in [4.78, 5) is 33.7. The van der Waals surface area contributed by atoms with Crippen molar-refractivity contribution in [2.75, 3.05) is 13.1 Å². The van der Waals surface area contributed by atoms with Crippen molar-refractivity contribution >= 4 is 17.9 Å². The Balaban J connectivity index is 2.95. The topological polar surface area (TPSA) is 115 Å². The van der Waals surface area contributed by atoms with Gasteiger partial charge in [0.25, 0.3) is 0 Å². The third kappa shape index (κ3) is 2.94. The van der Waals surface area contributed by atoms with Crippen LogP contribution in [0, 0.1) is 0 Å². The number of rotatable bonds is 6. The van der Waals surface area contributed by atoms with E-state index < -0.39 is 36.5 Å². The van der Waals surface area contributed by atoms with Crippen LogP contribution in [-0.4, -0.2) is 56.8 Å². The van der Waals surface area contributed by atoms with Gasteiger partial charge in [-0.25, -0.2) is 0 Å². The lowest BCUT2D eigenvalue weighted by atomic mass is 9.95. The van der Waals surface area contributed by atoms with Gasteiger partial charge in [0.1, 0.15) is 5.54 Å². The van der Waals surface area contributed by atoms with Crippen LogP contribution < -0.4 is 0 Å². The normalized spacial score (nSPS) is 18.2. The molecule has 0 aromatic carbocycles. The lowest BCUT2D eigenvalue weighted by Crippen LogP contribution is -2.56. The fraction of sp³-hybridized carbons (Fsp3) is 0.700. The number of carbonyl (C=O) groups is 3. The summed E-state index contributed by atoms with van der Waals surface area (Å²) in [6, 6.07) is 0. The molecule has 0 aromatic rings. The molecule has 1 saturated carbocycles. The summed E-state index contributed by atoms with van der Waals surface area (Å²) in [5.41, 5.74) is -1.34. The fourth-order valence-corrected chi connectivity index (χ4v) is 2.31. The molecule has 1 aliphatic carbocycles. The van der Waals surface area contributed by atoms with Crippen LogP contribution in [0.5, 0.6) is 0 Å². The van der Waals surface area contributed by atoms with Gasteiger partial charge in [-0.05, 0) is 12.8 Å². The Labute approximate surface area is 97.6 Å². The lowest BCUT2D eigenvalue weighted by Gasteiger charge is -2.35. The van der Waals surface area contributed by atoms with E-state index >= 15 is 0 Å². The summed E-state index contributed by atoms with van der Waals surface area (Å²) in [6.07, 6.45) is 1.93. The monoisotopic (exact) mass is 245 g/mol. The molecule has 3 N–H and O–H groups in total. The highest BCUT2D eigenvalue weighted by atomic mass is 16.4. The molecule has 0 saturated heterocycles. The Kier molecular flexibility index (Phi) is 4.06. The lowest BCUT2D eigenvalue weighted by molar-refractivity contribution is -0.157. The van der Waals surface area contributed by atoms with Crippen molar-refractivity contribution in [3.05, 3.63) is 0 Å². The first-order chi connectivity index (χ1) is 7.88. The Bertz CT molecular complexity index is 318. The standard InChI is InChI=1S/C10H15NO6/c12-7(13)5-11(6-8(14)15)10(9(16)17)3-1-2-4-10/h1-6H2,(H,12,13)(H,14,15)(H,16,17). The van der Waals surface area contributed by atoms with Crippen LogP contribution in [-0.2, 0) is 14.4 Å². The van der Waals surface area contributed by atoms with Crippen LogP contribution in [0.2, 0.25) is 0 Å². The number of carboxylic acids is 3. The van der Waals surface area contributed by atoms with Crippen LogP contribution in [0.3, 0.4) is 0 Å². The molecule has 0 heterocycles. The molecule has 0 unspecified atom stereocenters. The van der Waals surface area contributed by atoms with Crippen molar-refractivity contribution in [3.63, 3.8) is 0 Å². The number of nitrogens with zero attached hydrogens (tertiary/aromatic N) is 1. The molecule has 96 valence electrons. The molecule has 1 aliphatic rings. The molecule has 0 atom stereocenters. The van der Waals surface area contributed by atoms with E-state index in [1.165, 1.54) is 0 Å². The van der Waals surface area contributed by atoms with Gasteiger partial charge in [-0.3, -0.25) is 19.3 Å². The summed E-state index contributed by atoms with van der Waals surface area (Å²) < 4.78 is 0. The highest BCUT2D eigenvalue weighted by molar-refractivity contribution is 5.82. The number of carboxylic acid groups (broad SMARTS) is 3. The first kappa shape index (κ1) is 13.4. The van der Waals surface area contributed by atoms with E-state index in [9.17, 15) is 19.5 Å². The summed E-state index contributed by atoms with van der Waals surface area (Å²) in [5, 5.41) is 26.7. The van der Waals surface area contributed by atoms with Gasteiger partial charge in [0.05, 0.1) is 13.1 Å². The van der Waals surface area contributed by atoms with E-state index in [0.717, 1.165) is 4.90 Å². The maximum Gasteiger partial charge on any atom is 0.324 e. The van der Waals surface area contributed by atoms with Gasteiger partial charge in [-0.2, -0.15) is 0 Å². The predicted octanol–water partition coefficient (Wildman–Crippen LogP) is -0.145. The molecule has 0 bridgehead atoms. The van der Waals surface area contributed by atoms with Gasteiger partial charge in [-0.15, -0.1) is 0 Å². The first-order valence-corrected chi connectivity index (χ1v) is 5.30. The molecule has 0 spiro atoms. The zero-order valence-electron chi connectivity index (χ0n) is 9.26. The van der Waals surface area contributed by atoms with Crippen LogP contribution in [0.25, 0.3) is 0 Å². The average Bonchev–Trinajstić information content (AvgIpc) is 2.64. The molecule has 0 amide bonds. The SMILES string of the molecule is O=C(O)CN(CC(=O)O)C1(C(=O)O)CCCC1. The smallest absolute Gasteiger partial charge is 0.324 e. The summed E-state index contributed by atoms with van der Waals surface area (Å²) in [7, 11) is 0. The minimum atomic E-state index is -1.34. The number of aliphatic carboxylic acids is 3. The van der Waals surface area contributed by atoms with Gasteiger partial charge in [-0.1, -0.05) is 12.8 Å².